The number of aromatic nitrogens is 2. The third-order valence-corrected chi connectivity index (χ3v) is 5.59. The number of nitrogens with one attached hydrogen (secondary N) is 2. The highest BCUT2D eigenvalue weighted by molar-refractivity contribution is 5.91. The van der Waals surface area contributed by atoms with Gasteiger partial charge in [-0.2, -0.15) is 0 Å². The molecule has 0 saturated carbocycles. The molecule has 7 nitrogen and oxygen atoms in total. The van der Waals surface area contributed by atoms with Gasteiger partial charge in [0.25, 0.3) is 0 Å². The average molecular weight is 389 g/mol. The van der Waals surface area contributed by atoms with Gasteiger partial charge in [-0.05, 0) is 23.6 Å². The third kappa shape index (κ3) is 3.13. The zero-order valence-corrected chi connectivity index (χ0v) is 16.5. The summed E-state index contributed by atoms with van der Waals surface area (Å²) in [5, 5.41) is 3.54. The summed E-state index contributed by atoms with van der Waals surface area (Å²) in [4.78, 5) is 14.8. The zero-order valence-electron chi connectivity index (χ0n) is 16.5. The Bertz CT molecular complexity index is 1060. The van der Waals surface area contributed by atoms with Crippen LogP contribution in [0, 0.1) is 0 Å². The summed E-state index contributed by atoms with van der Waals surface area (Å²) in [5.41, 5.74) is 5.87. The molecular formula is C22H23N5O2. The highest BCUT2D eigenvalue weighted by Gasteiger charge is 2.27. The normalized spacial score (nSPS) is 17.9. The summed E-state index contributed by atoms with van der Waals surface area (Å²) >= 11 is 0. The van der Waals surface area contributed by atoms with E-state index in [4.69, 9.17) is 14.5 Å². The smallest absolute Gasteiger partial charge is 0.176 e. The minimum Gasteiger partial charge on any atom is -0.493 e. The van der Waals surface area contributed by atoms with Gasteiger partial charge < -0.3 is 19.8 Å². The largest absolute Gasteiger partial charge is 0.493 e. The van der Waals surface area contributed by atoms with Crippen molar-refractivity contribution in [2.24, 2.45) is 4.99 Å². The number of fused-ring (bicyclic) bond motifs is 2. The lowest BCUT2D eigenvalue weighted by Crippen LogP contribution is -2.44. The van der Waals surface area contributed by atoms with Crippen molar-refractivity contribution in [2.75, 3.05) is 26.1 Å². The van der Waals surface area contributed by atoms with Gasteiger partial charge in [0, 0.05) is 54.6 Å². The molecule has 0 aliphatic carbocycles. The van der Waals surface area contributed by atoms with Crippen LogP contribution in [0.3, 0.4) is 0 Å². The molecular weight excluding hydrogens is 366 g/mol. The predicted octanol–water partition coefficient (Wildman–Crippen LogP) is 3.28. The second kappa shape index (κ2) is 7.25. The molecule has 0 saturated heterocycles. The van der Waals surface area contributed by atoms with Gasteiger partial charge in [0.05, 0.1) is 14.2 Å². The first-order valence-electron chi connectivity index (χ1n) is 9.67. The van der Waals surface area contributed by atoms with Gasteiger partial charge in [-0.3, -0.25) is 9.89 Å². The first-order chi connectivity index (χ1) is 14.3. The first-order valence-corrected chi connectivity index (χ1v) is 9.67. The minimum absolute atomic E-state index is 0.110. The zero-order chi connectivity index (χ0) is 19.8. The lowest BCUT2D eigenvalue weighted by molar-refractivity contribution is 0.202. The van der Waals surface area contributed by atoms with Crippen molar-refractivity contribution in [1.29, 1.82) is 0 Å². The van der Waals surface area contributed by atoms with Crippen LogP contribution in [0.25, 0.3) is 11.4 Å². The molecule has 2 aliphatic heterocycles. The Morgan fingerprint density at radius 3 is 2.79 bits per heavy atom. The van der Waals surface area contributed by atoms with Crippen molar-refractivity contribution in [2.45, 2.75) is 19.3 Å². The van der Waals surface area contributed by atoms with E-state index >= 15 is 0 Å². The average Bonchev–Trinajstić information content (AvgIpc) is 3.31. The Morgan fingerprint density at radius 1 is 1.14 bits per heavy atom. The number of benzene rings is 2. The van der Waals surface area contributed by atoms with Crippen molar-refractivity contribution < 1.29 is 9.47 Å². The molecule has 148 valence electrons. The van der Waals surface area contributed by atoms with Crippen molar-refractivity contribution in [1.82, 2.24) is 14.9 Å². The van der Waals surface area contributed by atoms with Gasteiger partial charge >= 0.3 is 0 Å². The molecule has 3 aromatic rings. The maximum atomic E-state index is 5.45. The summed E-state index contributed by atoms with van der Waals surface area (Å²) in [6.07, 6.45) is 6.42. The van der Waals surface area contributed by atoms with Crippen LogP contribution < -0.4 is 14.8 Å². The Balaban J connectivity index is 1.39. The van der Waals surface area contributed by atoms with Gasteiger partial charge in [0.15, 0.2) is 17.8 Å². The molecule has 0 bridgehead atoms. The number of rotatable bonds is 4. The number of aromatic amines is 1. The molecule has 1 atom stereocenters. The van der Waals surface area contributed by atoms with Crippen LogP contribution in [-0.4, -0.2) is 48.1 Å². The van der Waals surface area contributed by atoms with Gasteiger partial charge in [-0.25, -0.2) is 4.98 Å². The lowest BCUT2D eigenvalue weighted by atomic mass is 9.94. The van der Waals surface area contributed by atoms with E-state index < -0.39 is 0 Å². The van der Waals surface area contributed by atoms with E-state index in [2.05, 4.69) is 38.4 Å². The van der Waals surface area contributed by atoms with Crippen LogP contribution in [0.2, 0.25) is 0 Å². The van der Waals surface area contributed by atoms with Crippen molar-refractivity contribution in [3.8, 4) is 22.9 Å². The van der Waals surface area contributed by atoms with Gasteiger partial charge in [-0.1, -0.05) is 18.2 Å². The van der Waals surface area contributed by atoms with E-state index in [1.54, 1.807) is 20.4 Å². The van der Waals surface area contributed by atoms with E-state index in [0.29, 0.717) is 11.5 Å². The molecule has 1 unspecified atom stereocenters. The van der Waals surface area contributed by atoms with Gasteiger partial charge in [0.2, 0.25) is 0 Å². The number of imidazole rings is 1. The molecule has 2 N–H and O–H groups in total. The Labute approximate surface area is 169 Å². The van der Waals surface area contributed by atoms with Crippen molar-refractivity contribution >= 4 is 11.9 Å². The van der Waals surface area contributed by atoms with Crippen molar-refractivity contribution in [3.05, 3.63) is 59.4 Å². The molecule has 0 radical (unpaired) electrons. The standard InChI is InChI=1S/C22H23N5O2/c1-28-19-10-15-12-25-22(26-18(15)11-20(19)29-2)27-9-6-16-14(13-27)4-3-5-17(16)21-23-7-8-24-21/h3-5,7-8,10-12,22,26H,6,9,13H2,1-2H3,(H,23,24). The van der Waals surface area contributed by atoms with Crippen LogP contribution in [0.5, 0.6) is 11.5 Å². The summed E-state index contributed by atoms with van der Waals surface area (Å²) in [5.74, 6) is 2.34. The predicted molar refractivity (Wildman–Crippen MR) is 113 cm³/mol. The van der Waals surface area contributed by atoms with E-state index in [1.807, 2.05) is 24.5 Å². The quantitative estimate of drug-likeness (QED) is 0.716. The third-order valence-electron chi connectivity index (χ3n) is 5.59. The monoisotopic (exact) mass is 389 g/mol. The second-order valence-electron chi connectivity index (χ2n) is 7.19. The number of nitrogens with zero attached hydrogens (tertiary/aromatic N) is 3. The maximum absolute atomic E-state index is 5.45. The summed E-state index contributed by atoms with van der Waals surface area (Å²) < 4.78 is 10.8. The number of aliphatic imine (C=N–C) groups is 1. The number of H-pyrrole nitrogens is 1. The van der Waals surface area contributed by atoms with Crippen LogP contribution in [0.4, 0.5) is 5.69 Å². The van der Waals surface area contributed by atoms with E-state index in [1.165, 1.54) is 16.7 Å². The fraction of sp³-hybridized carbons (Fsp3) is 0.273. The Hall–Kier alpha value is -3.32. The van der Waals surface area contributed by atoms with Crippen LogP contribution in [-0.2, 0) is 13.0 Å². The summed E-state index contributed by atoms with van der Waals surface area (Å²) in [6.45, 7) is 1.75. The molecule has 3 heterocycles. The van der Waals surface area contributed by atoms with Gasteiger partial charge in [0.1, 0.15) is 5.82 Å². The SMILES string of the molecule is COc1cc2c(cc1OC)NC(N1CCc3c(cccc3-c3ncc[nH]3)C1)N=C2. The lowest BCUT2D eigenvalue weighted by Gasteiger charge is -2.36. The van der Waals surface area contributed by atoms with Gasteiger partial charge in [-0.15, -0.1) is 0 Å². The van der Waals surface area contributed by atoms with E-state index in [9.17, 15) is 0 Å². The van der Waals surface area contributed by atoms with Crippen LogP contribution in [0.1, 0.15) is 16.7 Å². The molecule has 29 heavy (non-hydrogen) atoms. The highest BCUT2D eigenvalue weighted by Crippen LogP contribution is 2.35. The second-order valence-corrected chi connectivity index (χ2v) is 7.19. The molecule has 0 spiro atoms. The Kier molecular flexibility index (Phi) is 4.44. The summed E-state index contributed by atoms with van der Waals surface area (Å²) in [6, 6.07) is 10.4. The molecule has 0 amide bonds. The minimum atomic E-state index is -0.110. The Morgan fingerprint density at radius 2 is 2.00 bits per heavy atom. The number of hydrogen-bond donors (Lipinski definition) is 2. The fourth-order valence-electron chi connectivity index (χ4n) is 4.11. The molecule has 2 aromatic carbocycles. The molecule has 7 heteroatoms. The molecule has 1 aromatic heterocycles. The number of hydrogen-bond acceptors (Lipinski definition) is 6. The fourth-order valence-corrected chi connectivity index (χ4v) is 4.11. The molecule has 2 aliphatic rings. The number of methoxy groups -OCH3 is 2. The maximum Gasteiger partial charge on any atom is 0.176 e. The molecule has 0 fully saturated rings. The number of ether oxygens (including phenoxy) is 2. The highest BCUT2D eigenvalue weighted by atomic mass is 16.5. The van der Waals surface area contributed by atoms with E-state index in [0.717, 1.165) is 36.6 Å². The summed E-state index contributed by atoms with van der Waals surface area (Å²) in [7, 11) is 3.29. The number of anilines is 1. The van der Waals surface area contributed by atoms with Crippen LogP contribution >= 0.6 is 0 Å². The first kappa shape index (κ1) is 17.8. The van der Waals surface area contributed by atoms with Crippen molar-refractivity contribution in [3.63, 3.8) is 0 Å². The van der Waals surface area contributed by atoms with E-state index in [-0.39, 0.29) is 6.29 Å². The van der Waals surface area contributed by atoms with Crippen LogP contribution in [0.15, 0.2) is 47.7 Å². The topological polar surface area (TPSA) is 74.8 Å². The molecule has 5 rings (SSSR count).